The molecular formula is C8H13N. The minimum absolute atomic E-state index is 0.902. The summed E-state index contributed by atoms with van der Waals surface area (Å²) in [7, 11) is 0. The Labute approximate surface area is 56.2 Å². The lowest BCUT2D eigenvalue weighted by atomic mass is 9.68. The second-order valence-electron chi connectivity index (χ2n) is 3.26. The highest BCUT2D eigenvalue weighted by atomic mass is 14.8. The van der Waals surface area contributed by atoms with Gasteiger partial charge in [0.25, 0.3) is 0 Å². The first-order valence-electron chi connectivity index (χ1n) is 3.89. The molecule has 1 unspecified atom stereocenters. The zero-order valence-corrected chi connectivity index (χ0v) is 5.93. The molecule has 1 heteroatoms. The van der Waals surface area contributed by atoms with Gasteiger partial charge in [-0.25, -0.2) is 0 Å². The fraction of sp³-hybridized carbons (Fsp3) is 0.875. The highest BCUT2D eigenvalue weighted by molar-refractivity contribution is 5.85. The predicted octanol–water partition coefficient (Wildman–Crippen LogP) is 1.88. The first-order chi connectivity index (χ1) is 4.38. The van der Waals surface area contributed by atoms with Gasteiger partial charge in [0.15, 0.2) is 0 Å². The average molecular weight is 123 g/mol. The van der Waals surface area contributed by atoms with E-state index in [9.17, 15) is 0 Å². The van der Waals surface area contributed by atoms with E-state index in [-0.39, 0.29) is 0 Å². The number of aliphatic imine (C=N–C) groups is 1. The van der Waals surface area contributed by atoms with Gasteiger partial charge in [0.1, 0.15) is 0 Å². The lowest BCUT2D eigenvalue weighted by molar-refractivity contribution is 0.222. The monoisotopic (exact) mass is 123 g/mol. The molecule has 1 aliphatic carbocycles. The molecule has 1 fully saturated rings. The van der Waals surface area contributed by atoms with Crippen LogP contribution in [0.2, 0.25) is 0 Å². The van der Waals surface area contributed by atoms with Crippen molar-refractivity contribution < 1.29 is 0 Å². The summed E-state index contributed by atoms with van der Waals surface area (Å²) in [5.74, 6) is 1.93. The molecule has 1 heterocycles. The van der Waals surface area contributed by atoms with E-state index in [0.717, 1.165) is 18.4 Å². The molecule has 0 aromatic heterocycles. The van der Waals surface area contributed by atoms with Crippen LogP contribution < -0.4 is 0 Å². The fourth-order valence-electron chi connectivity index (χ4n) is 1.99. The van der Waals surface area contributed by atoms with E-state index in [4.69, 9.17) is 0 Å². The number of fused-ring (bicyclic) bond motifs is 1. The second-order valence-corrected chi connectivity index (χ2v) is 3.26. The zero-order chi connectivity index (χ0) is 6.27. The van der Waals surface area contributed by atoms with Crippen molar-refractivity contribution in [2.24, 2.45) is 16.8 Å². The molecule has 0 bridgehead atoms. The molecule has 0 spiro atoms. The molecular weight excluding hydrogens is 110 g/mol. The third kappa shape index (κ3) is 0.707. The lowest BCUT2D eigenvalue weighted by Gasteiger charge is -2.39. The number of hydrogen-bond acceptors (Lipinski definition) is 1. The summed E-state index contributed by atoms with van der Waals surface area (Å²) < 4.78 is 0. The van der Waals surface area contributed by atoms with Crippen LogP contribution in [0.15, 0.2) is 4.99 Å². The Morgan fingerprint density at radius 3 is 2.67 bits per heavy atom. The van der Waals surface area contributed by atoms with Crippen molar-refractivity contribution in [1.29, 1.82) is 0 Å². The van der Waals surface area contributed by atoms with E-state index in [0.29, 0.717) is 0 Å². The van der Waals surface area contributed by atoms with Gasteiger partial charge in [-0.3, -0.25) is 4.99 Å². The molecule has 0 radical (unpaired) electrons. The molecule has 2 atom stereocenters. The van der Waals surface area contributed by atoms with E-state index < -0.39 is 0 Å². The van der Waals surface area contributed by atoms with Gasteiger partial charge in [-0.2, -0.15) is 0 Å². The first kappa shape index (κ1) is 5.45. The summed E-state index contributed by atoms with van der Waals surface area (Å²) >= 11 is 0. The molecule has 2 aliphatic rings. The summed E-state index contributed by atoms with van der Waals surface area (Å²) in [6.45, 7) is 3.29. The van der Waals surface area contributed by atoms with E-state index in [1.807, 2.05) is 0 Å². The second kappa shape index (κ2) is 1.83. The van der Waals surface area contributed by atoms with E-state index in [1.165, 1.54) is 25.0 Å². The van der Waals surface area contributed by atoms with Crippen molar-refractivity contribution in [2.45, 2.75) is 26.2 Å². The van der Waals surface area contributed by atoms with Gasteiger partial charge in [0.05, 0.1) is 0 Å². The molecule has 0 amide bonds. The smallest absolute Gasteiger partial charge is 0.0391 e. The van der Waals surface area contributed by atoms with Gasteiger partial charge >= 0.3 is 0 Å². The largest absolute Gasteiger partial charge is 0.294 e. The number of rotatable bonds is 0. The molecule has 0 aromatic carbocycles. The maximum Gasteiger partial charge on any atom is 0.0391 e. The quantitative estimate of drug-likeness (QED) is 0.466. The molecule has 2 rings (SSSR count). The van der Waals surface area contributed by atoms with Crippen molar-refractivity contribution >= 4 is 5.71 Å². The Balaban J connectivity index is 2.14. The van der Waals surface area contributed by atoms with Gasteiger partial charge in [-0.15, -0.1) is 0 Å². The minimum Gasteiger partial charge on any atom is -0.294 e. The molecule has 50 valence electrons. The van der Waals surface area contributed by atoms with Crippen LogP contribution >= 0.6 is 0 Å². The van der Waals surface area contributed by atoms with Gasteiger partial charge in [-0.1, -0.05) is 0 Å². The van der Waals surface area contributed by atoms with Crippen LogP contribution in [0.1, 0.15) is 26.2 Å². The Kier molecular flexibility index (Phi) is 1.11. The lowest BCUT2D eigenvalue weighted by Crippen LogP contribution is -2.35. The van der Waals surface area contributed by atoms with Crippen LogP contribution in [-0.2, 0) is 0 Å². The van der Waals surface area contributed by atoms with Crippen molar-refractivity contribution in [3.63, 3.8) is 0 Å². The molecule has 1 aliphatic heterocycles. The molecule has 9 heavy (non-hydrogen) atoms. The van der Waals surface area contributed by atoms with Gasteiger partial charge in [-0.05, 0) is 38.0 Å². The molecule has 0 saturated heterocycles. The Bertz CT molecular complexity index is 149. The maximum absolute atomic E-state index is 4.43. The van der Waals surface area contributed by atoms with Gasteiger partial charge in [0.2, 0.25) is 0 Å². The predicted molar refractivity (Wildman–Crippen MR) is 38.8 cm³/mol. The zero-order valence-electron chi connectivity index (χ0n) is 5.93. The van der Waals surface area contributed by atoms with Gasteiger partial charge < -0.3 is 0 Å². The third-order valence-corrected chi connectivity index (χ3v) is 2.82. The van der Waals surface area contributed by atoms with Crippen LogP contribution in [0.3, 0.4) is 0 Å². The number of hydrogen-bond donors (Lipinski definition) is 0. The van der Waals surface area contributed by atoms with Crippen LogP contribution in [0.25, 0.3) is 0 Å². The summed E-state index contributed by atoms with van der Waals surface area (Å²) in [5, 5.41) is 0. The van der Waals surface area contributed by atoms with Crippen molar-refractivity contribution in [3.05, 3.63) is 0 Å². The molecule has 0 N–H and O–H groups in total. The van der Waals surface area contributed by atoms with Crippen molar-refractivity contribution in [1.82, 2.24) is 0 Å². The molecule has 1 nitrogen and oxygen atoms in total. The van der Waals surface area contributed by atoms with Gasteiger partial charge in [0, 0.05) is 12.3 Å². The first-order valence-corrected chi connectivity index (χ1v) is 3.89. The summed E-state index contributed by atoms with van der Waals surface area (Å²) in [5.41, 5.74) is 1.43. The van der Waals surface area contributed by atoms with Crippen LogP contribution in [-0.4, -0.2) is 12.3 Å². The molecule has 1 saturated carbocycles. The summed E-state index contributed by atoms with van der Waals surface area (Å²) in [6, 6.07) is 0. The summed E-state index contributed by atoms with van der Waals surface area (Å²) in [4.78, 5) is 4.43. The summed E-state index contributed by atoms with van der Waals surface area (Å²) in [6.07, 6.45) is 4.25. The Hall–Kier alpha value is -0.330. The Morgan fingerprint density at radius 2 is 2.22 bits per heavy atom. The van der Waals surface area contributed by atoms with Crippen LogP contribution in [0, 0.1) is 11.8 Å². The SMILES string of the molecule is CC1=NCC[C@H]2CCC12. The third-order valence-electron chi connectivity index (χ3n) is 2.82. The highest BCUT2D eigenvalue weighted by Crippen LogP contribution is 2.39. The van der Waals surface area contributed by atoms with Crippen molar-refractivity contribution in [3.8, 4) is 0 Å². The normalized spacial score (nSPS) is 40.8. The highest BCUT2D eigenvalue weighted by Gasteiger charge is 2.34. The van der Waals surface area contributed by atoms with Crippen LogP contribution in [0.5, 0.6) is 0 Å². The minimum atomic E-state index is 0.902. The fourth-order valence-corrected chi connectivity index (χ4v) is 1.99. The standard InChI is InChI=1S/C8H13N/c1-6-8-3-2-7(8)4-5-9-6/h7-8H,2-5H2,1H3/t7-,8?/m1/s1. The average Bonchev–Trinajstić information content (AvgIpc) is 1.74. The number of nitrogens with zero attached hydrogens (tertiary/aromatic N) is 1. The van der Waals surface area contributed by atoms with Crippen LogP contribution in [0.4, 0.5) is 0 Å². The van der Waals surface area contributed by atoms with E-state index >= 15 is 0 Å². The topological polar surface area (TPSA) is 12.4 Å². The maximum atomic E-state index is 4.43. The Morgan fingerprint density at radius 1 is 1.33 bits per heavy atom. The van der Waals surface area contributed by atoms with E-state index in [1.54, 1.807) is 0 Å². The molecule has 0 aromatic rings. The van der Waals surface area contributed by atoms with Crippen molar-refractivity contribution in [2.75, 3.05) is 6.54 Å². The van der Waals surface area contributed by atoms with E-state index in [2.05, 4.69) is 11.9 Å².